The monoisotopic (exact) mass is 157 g/mol. The van der Waals surface area contributed by atoms with Crippen molar-refractivity contribution >= 4 is 7.28 Å². The van der Waals surface area contributed by atoms with Crippen molar-refractivity contribution in [2.75, 3.05) is 0 Å². The maximum atomic E-state index is 2.29. The highest BCUT2D eigenvalue weighted by molar-refractivity contribution is 6.36. The van der Waals surface area contributed by atoms with Crippen molar-refractivity contribution in [3.63, 3.8) is 0 Å². The SMILES string of the molecule is CC.CCC.CC[B]C(C)C. The molecule has 0 aliphatic rings. The van der Waals surface area contributed by atoms with Gasteiger partial charge in [-0.15, -0.1) is 0 Å². The summed E-state index contributed by atoms with van der Waals surface area (Å²) in [4.78, 5) is 0. The molecule has 0 aromatic heterocycles. The maximum Gasteiger partial charge on any atom is 0.112 e. The van der Waals surface area contributed by atoms with Crippen molar-refractivity contribution in [3.05, 3.63) is 0 Å². The first kappa shape index (κ1) is 17.2. The fraction of sp³-hybridized carbons (Fsp3) is 1.00. The lowest BCUT2D eigenvalue weighted by atomic mass is 9.64. The van der Waals surface area contributed by atoms with Gasteiger partial charge in [-0.1, -0.05) is 67.0 Å². The van der Waals surface area contributed by atoms with Crippen LogP contribution in [0.5, 0.6) is 0 Å². The van der Waals surface area contributed by atoms with Crippen LogP contribution >= 0.6 is 0 Å². The minimum Gasteiger partial charge on any atom is -0.0828 e. The summed E-state index contributed by atoms with van der Waals surface area (Å²) in [6.45, 7) is 14.8. The van der Waals surface area contributed by atoms with Gasteiger partial charge in [-0.2, -0.15) is 0 Å². The summed E-state index contributed by atoms with van der Waals surface area (Å²) >= 11 is 0. The molecule has 0 heterocycles. The molecule has 0 spiro atoms. The fourth-order valence-electron chi connectivity index (χ4n) is 0.471. The van der Waals surface area contributed by atoms with Gasteiger partial charge in [-0.3, -0.25) is 0 Å². The van der Waals surface area contributed by atoms with E-state index < -0.39 is 0 Å². The highest BCUT2D eigenvalue weighted by Crippen LogP contribution is 1.97. The third-order valence-corrected chi connectivity index (χ3v) is 0.707. The summed E-state index contributed by atoms with van der Waals surface area (Å²) in [6.07, 6.45) is 2.46. The van der Waals surface area contributed by atoms with E-state index in [2.05, 4.69) is 41.9 Å². The summed E-state index contributed by atoms with van der Waals surface area (Å²) in [7, 11) is 2.29. The zero-order valence-corrected chi connectivity index (χ0v) is 9.57. The van der Waals surface area contributed by atoms with Gasteiger partial charge < -0.3 is 0 Å². The lowest BCUT2D eigenvalue weighted by Gasteiger charge is -1.93. The van der Waals surface area contributed by atoms with E-state index in [1.165, 1.54) is 12.7 Å². The number of hydrogen-bond acceptors (Lipinski definition) is 0. The minimum atomic E-state index is 0.773. The lowest BCUT2D eigenvalue weighted by molar-refractivity contribution is 1.05. The molecule has 0 aromatic carbocycles. The van der Waals surface area contributed by atoms with E-state index >= 15 is 0 Å². The first-order chi connectivity index (χ1) is 5.18. The van der Waals surface area contributed by atoms with Gasteiger partial charge in [-0.05, 0) is 0 Å². The second-order valence-corrected chi connectivity index (χ2v) is 2.60. The molecule has 0 atom stereocenters. The van der Waals surface area contributed by atoms with Crippen LogP contribution in [0, 0.1) is 0 Å². The van der Waals surface area contributed by atoms with Crippen LogP contribution in [-0.2, 0) is 0 Å². The Morgan fingerprint density at radius 1 is 1.00 bits per heavy atom. The number of rotatable bonds is 2. The molecule has 11 heavy (non-hydrogen) atoms. The predicted molar refractivity (Wildman–Crippen MR) is 58.6 cm³/mol. The van der Waals surface area contributed by atoms with E-state index in [0.29, 0.717) is 0 Å². The third-order valence-electron chi connectivity index (χ3n) is 0.707. The molecule has 0 aliphatic carbocycles. The molecular weight excluding hydrogens is 131 g/mol. The van der Waals surface area contributed by atoms with Crippen LogP contribution in [0.2, 0.25) is 12.1 Å². The van der Waals surface area contributed by atoms with Gasteiger partial charge >= 0.3 is 0 Å². The molecule has 0 fully saturated rings. The largest absolute Gasteiger partial charge is 0.112 e. The topological polar surface area (TPSA) is 0 Å². The van der Waals surface area contributed by atoms with Gasteiger partial charge in [-0.25, -0.2) is 0 Å². The van der Waals surface area contributed by atoms with Gasteiger partial charge in [0.1, 0.15) is 7.28 Å². The molecule has 1 radical (unpaired) electrons. The molecule has 69 valence electrons. The Balaban J connectivity index is -0.000000109. The minimum absolute atomic E-state index is 0.773. The zero-order chi connectivity index (χ0) is 9.70. The third kappa shape index (κ3) is 69.7. The molecule has 0 N–H and O–H groups in total. The first-order valence-corrected chi connectivity index (χ1v) is 5.02. The van der Waals surface area contributed by atoms with Gasteiger partial charge in [0, 0.05) is 0 Å². The van der Waals surface area contributed by atoms with Crippen LogP contribution in [-0.4, -0.2) is 7.28 Å². The highest BCUT2D eigenvalue weighted by Gasteiger charge is 1.88. The normalized spacial score (nSPS) is 7.27. The first-order valence-electron chi connectivity index (χ1n) is 5.02. The predicted octanol–water partition coefficient (Wildman–Crippen LogP) is 4.40. The van der Waals surface area contributed by atoms with E-state index in [9.17, 15) is 0 Å². The van der Waals surface area contributed by atoms with Crippen LogP contribution in [0.4, 0.5) is 0 Å². The molecule has 0 saturated carbocycles. The Labute approximate surface area is 75.0 Å². The molecule has 0 unspecified atom stereocenters. The van der Waals surface area contributed by atoms with Gasteiger partial charge in [0.05, 0.1) is 0 Å². The molecule has 0 saturated heterocycles. The fourth-order valence-corrected chi connectivity index (χ4v) is 0.471. The van der Waals surface area contributed by atoms with Gasteiger partial charge in [0.25, 0.3) is 0 Å². The molecular formula is C10H26B. The second kappa shape index (κ2) is 22.5. The quantitative estimate of drug-likeness (QED) is 0.521. The lowest BCUT2D eigenvalue weighted by Crippen LogP contribution is -1.89. The highest BCUT2D eigenvalue weighted by atomic mass is 13.7. The molecule has 0 bridgehead atoms. The van der Waals surface area contributed by atoms with Crippen molar-refractivity contribution < 1.29 is 0 Å². The molecule has 0 aliphatic heterocycles. The zero-order valence-electron chi connectivity index (χ0n) is 9.57. The Morgan fingerprint density at radius 3 is 1.27 bits per heavy atom. The molecule has 0 nitrogen and oxygen atoms in total. The van der Waals surface area contributed by atoms with Gasteiger partial charge in [0.15, 0.2) is 0 Å². The molecule has 0 aromatic rings. The van der Waals surface area contributed by atoms with Crippen LogP contribution in [0.25, 0.3) is 0 Å². The average Bonchev–Trinajstić information content (AvgIpc) is 1.93. The van der Waals surface area contributed by atoms with Crippen LogP contribution in [0.15, 0.2) is 0 Å². The molecule has 0 amide bonds. The van der Waals surface area contributed by atoms with Crippen LogP contribution < -0.4 is 0 Å². The Morgan fingerprint density at radius 2 is 1.27 bits per heavy atom. The van der Waals surface area contributed by atoms with E-state index in [4.69, 9.17) is 0 Å². The standard InChI is InChI=1S/C5H12B.C3H8.C2H6/c1-4-6-5(2)3;1-3-2;1-2/h5H,4H2,1-3H3;3H2,1-2H3;1-2H3. The smallest absolute Gasteiger partial charge is 0.0828 e. The summed E-state index contributed by atoms with van der Waals surface area (Å²) in [5.41, 5.74) is 0. The maximum absolute atomic E-state index is 2.29. The van der Waals surface area contributed by atoms with Crippen LogP contribution in [0.3, 0.4) is 0 Å². The Bertz CT molecular complexity index is 33.9. The van der Waals surface area contributed by atoms with Crippen molar-refractivity contribution in [1.29, 1.82) is 0 Å². The summed E-state index contributed by atoms with van der Waals surface area (Å²) in [5.74, 6) is 0.773. The van der Waals surface area contributed by atoms with E-state index in [-0.39, 0.29) is 0 Å². The molecule has 1 heteroatoms. The number of hydrogen-bond donors (Lipinski definition) is 0. The molecule has 0 rings (SSSR count). The Hall–Kier alpha value is 0.0649. The summed E-state index contributed by atoms with van der Waals surface area (Å²) < 4.78 is 0. The van der Waals surface area contributed by atoms with E-state index in [1.807, 2.05) is 13.8 Å². The van der Waals surface area contributed by atoms with E-state index in [0.717, 1.165) is 5.82 Å². The van der Waals surface area contributed by atoms with Crippen molar-refractivity contribution in [2.45, 2.75) is 67.0 Å². The second-order valence-electron chi connectivity index (χ2n) is 2.60. The van der Waals surface area contributed by atoms with E-state index in [1.54, 1.807) is 0 Å². The van der Waals surface area contributed by atoms with Gasteiger partial charge in [0.2, 0.25) is 0 Å². The van der Waals surface area contributed by atoms with Crippen molar-refractivity contribution in [3.8, 4) is 0 Å². The van der Waals surface area contributed by atoms with Crippen LogP contribution in [0.1, 0.15) is 54.9 Å². The average molecular weight is 157 g/mol. The van der Waals surface area contributed by atoms with Crippen molar-refractivity contribution in [2.24, 2.45) is 0 Å². The summed E-state index contributed by atoms with van der Waals surface area (Å²) in [5, 5.41) is 0. The van der Waals surface area contributed by atoms with Crippen molar-refractivity contribution in [1.82, 2.24) is 0 Å². The summed E-state index contributed by atoms with van der Waals surface area (Å²) in [6, 6.07) is 0. The Kier molecular flexibility index (Phi) is 35.2.